The van der Waals surface area contributed by atoms with Gasteiger partial charge in [-0.25, -0.2) is 4.79 Å². The van der Waals surface area contributed by atoms with Crippen LogP contribution in [0.5, 0.6) is 0 Å². The fourth-order valence-corrected chi connectivity index (χ4v) is 4.90. The third-order valence-corrected chi connectivity index (χ3v) is 7.18. The number of carbonyl (C=O) groups excluding carboxylic acids is 3. The average molecular weight is 428 g/mol. The molecular formula is C23H33N5O3. The van der Waals surface area contributed by atoms with Crippen molar-refractivity contribution in [1.29, 1.82) is 0 Å². The number of hydrogen-bond acceptors (Lipinski definition) is 5. The Hall–Kier alpha value is -2.61. The SMILES string of the molecule is Cc1cccc(N2CCN(CC(=O)NN3C(=O)NC4(CCC(C)CC4)C3=O)CC2)c1C. The lowest BCUT2D eigenvalue weighted by Crippen LogP contribution is -2.54. The van der Waals surface area contributed by atoms with Crippen molar-refractivity contribution in [2.75, 3.05) is 37.6 Å². The monoisotopic (exact) mass is 427 g/mol. The van der Waals surface area contributed by atoms with Crippen molar-refractivity contribution in [3.8, 4) is 0 Å². The van der Waals surface area contributed by atoms with E-state index in [4.69, 9.17) is 0 Å². The average Bonchev–Trinajstić information content (AvgIpc) is 2.97. The van der Waals surface area contributed by atoms with Gasteiger partial charge in [0.2, 0.25) is 0 Å². The Balaban J connectivity index is 1.29. The normalized spacial score (nSPS) is 27.0. The van der Waals surface area contributed by atoms with E-state index in [1.54, 1.807) is 0 Å². The van der Waals surface area contributed by atoms with Gasteiger partial charge in [-0.05, 0) is 62.6 Å². The molecule has 1 aromatic carbocycles. The van der Waals surface area contributed by atoms with Crippen LogP contribution in [0.15, 0.2) is 18.2 Å². The molecule has 4 amide bonds. The molecule has 1 aromatic rings. The molecular weight excluding hydrogens is 394 g/mol. The number of imide groups is 1. The van der Waals surface area contributed by atoms with Gasteiger partial charge < -0.3 is 10.2 Å². The Morgan fingerprint density at radius 3 is 2.48 bits per heavy atom. The van der Waals surface area contributed by atoms with E-state index in [1.807, 2.05) is 0 Å². The van der Waals surface area contributed by atoms with Gasteiger partial charge in [0.1, 0.15) is 5.54 Å². The number of nitrogens with zero attached hydrogens (tertiary/aromatic N) is 3. The van der Waals surface area contributed by atoms with Crippen molar-refractivity contribution in [3.05, 3.63) is 29.3 Å². The highest BCUT2D eigenvalue weighted by Gasteiger charge is 2.52. The topological polar surface area (TPSA) is 85.0 Å². The first-order valence-corrected chi connectivity index (χ1v) is 11.3. The molecule has 2 saturated heterocycles. The number of hydrazine groups is 1. The van der Waals surface area contributed by atoms with Gasteiger partial charge in [0, 0.05) is 31.9 Å². The maximum atomic E-state index is 12.9. The fraction of sp³-hybridized carbons (Fsp3) is 0.609. The first-order chi connectivity index (χ1) is 14.8. The van der Waals surface area contributed by atoms with Gasteiger partial charge in [-0.2, -0.15) is 5.01 Å². The van der Waals surface area contributed by atoms with Gasteiger partial charge in [-0.3, -0.25) is 19.9 Å². The fourth-order valence-electron chi connectivity index (χ4n) is 4.90. The first kappa shape index (κ1) is 21.6. The highest BCUT2D eigenvalue weighted by atomic mass is 16.2. The second-order valence-electron chi connectivity index (χ2n) is 9.35. The number of anilines is 1. The van der Waals surface area contributed by atoms with E-state index in [1.165, 1.54) is 16.8 Å². The summed E-state index contributed by atoms with van der Waals surface area (Å²) in [6.45, 7) is 9.76. The number of nitrogens with one attached hydrogen (secondary N) is 2. The van der Waals surface area contributed by atoms with E-state index >= 15 is 0 Å². The van der Waals surface area contributed by atoms with Crippen molar-refractivity contribution in [2.24, 2.45) is 5.92 Å². The number of amides is 4. The summed E-state index contributed by atoms with van der Waals surface area (Å²) in [5, 5.41) is 3.73. The molecule has 3 fully saturated rings. The molecule has 0 radical (unpaired) electrons. The predicted molar refractivity (Wildman–Crippen MR) is 118 cm³/mol. The lowest BCUT2D eigenvalue weighted by molar-refractivity contribution is -0.140. The van der Waals surface area contributed by atoms with Gasteiger partial charge in [-0.1, -0.05) is 19.1 Å². The molecule has 2 heterocycles. The number of benzene rings is 1. The van der Waals surface area contributed by atoms with E-state index in [0.29, 0.717) is 18.8 Å². The summed E-state index contributed by atoms with van der Waals surface area (Å²) in [7, 11) is 0. The summed E-state index contributed by atoms with van der Waals surface area (Å²) in [5.74, 6) is -0.0939. The molecule has 1 aliphatic carbocycles. The van der Waals surface area contributed by atoms with E-state index in [-0.39, 0.29) is 18.4 Å². The van der Waals surface area contributed by atoms with Gasteiger partial charge in [0.15, 0.2) is 0 Å². The van der Waals surface area contributed by atoms with Crippen LogP contribution in [0.1, 0.15) is 43.7 Å². The minimum absolute atomic E-state index is 0.168. The summed E-state index contributed by atoms with van der Waals surface area (Å²) in [6.07, 6.45) is 3.06. The molecule has 4 rings (SSSR count). The maximum absolute atomic E-state index is 12.9. The number of hydrogen-bond donors (Lipinski definition) is 2. The molecule has 31 heavy (non-hydrogen) atoms. The zero-order valence-electron chi connectivity index (χ0n) is 18.7. The van der Waals surface area contributed by atoms with Crippen molar-refractivity contribution in [2.45, 2.75) is 52.0 Å². The minimum Gasteiger partial charge on any atom is -0.369 e. The van der Waals surface area contributed by atoms with Gasteiger partial charge in [-0.15, -0.1) is 0 Å². The second-order valence-corrected chi connectivity index (χ2v) is 9.35. The van der Waals surface area contributed by atoms with Crippen LogP contribution in [0.2, 0.25) is 0 Å². The molecule has 0 aromatic heterocycles. The number of aryl methyl sites for hydroxylation is 1. The maximum Gasteiger partial charge on any atom is 0.344 e. The van der Waals surface area contributed by atoms with Crippen LogP contribution in [0.25, 0.3) is 0 Å². The molecule has 8 nitrogen and oxygen atoms in total. The van der Waals surface area contributed by atoms with Crippen molar-refractivity contribution < 1.29 is 14.4 Å². The van der Waals surface area contributed by atoms with Crippen LogP contribution >= 0.6 is 0 Å². The van der Waals surface area contributed by atoms with Gasteiger partial charge in [0.05, 0.1) is 6.54 Å². The van der Waals surface area contributed by atoms with Crippen LogP contribution < -0.4 is 15.6 Å². The Kier molecular flexibility index (Phi) is 5.92. The Labute approximate surface area is 183 Å². The molecule has 1 saturated carbocycles. The molecule has 0 atom stereocenters. The smallest absolute Gasteiger partial charge is 0.344 e. The van der Waals surface area contributed by atoms with Gasteiger partial charge >= 0.3 is 6.03 Å². The number of urea groups is 1. The quantitative estimate of drug-likeness (QED) is 0.718. The molecule has 3 aliphatic rings. The standard InChI is InChI=1S/C23H33N5O3/c1-16-7-9-23(10-8-16)21(30)28(22(31)24-23)25-20(29)15-26-11-13-27(14-12-26)19-6-4-5-17(2)18(19)3/h4-6,16H,7-15H2,1-3H3,(H,24,31)(H,25,29). The summed E-state index contributed by atoms with van der Waals surface area (Å²) >= 11 is 0. The number of carbonyl (C=O) groups is 3. The third-order valence-electron chi connectivity index (χ3n) is 7.18. The van der Waals surface area contributed by atoms with E-state index in [2.05, 4.69) is 59.5 Å². The Morgan fingerprint density at radius 1 is 1.13 bits per heavy atom. The van der Waals surface area contributed by atoms with E-state index < -0.39 is 11.6 Å². The molecule has 0 bridgehead atoms. The molecule has 168 valence electrons. The molecule has 1 spiro atoms. The molecule has 0 unspecified atom stereocenters. The first-order valence-electron chi connectivity index (χ1n) is 11.3. The van der Waals surface area contributed by atoms with E-state index in [9.17, 15) is 14.4 Å². The Morgan fingerprint density at radius 2 is 1.81 bits per heavy atom. The van der Waals surface area contributed by atoms with E-state index in [0.717, 1.165) is 44.0 Å². The lowest BCUT2D eigenvalue weighted by Gasteiger charge is -2.36. The summed E-state index contributed by atoms with van der Waals surface area (Å²) in [5.41, 5.74) is 5.52. The predicted octanol–water partition coefficient (Wildman–Crippen LogP) is 1.96. The summed E-state index contributed by atoms with van der Waals surface area (Å²) in [4.78, 5) is 42.3. The van der Waals surface area contributed by atoms with Crippen LogP contribution in [-0.4, -0.2) is 66.0 Å². The second kappa shape index (κ2) is 8.49. The lowest BCUT2D eigenvalue weighted by atomic mass is 9.77. The largest absolute Gasteiger partial charge is 0.369 e. The summed E-state index contributed by atoms with van der Waals surface area (Å²) in [6, 6.07) is 5.82. The zero-order valence-corrected chi connectivity index (χ0v) is 18.7. The third kappa shape index (κ3) is 4.26. The van der Waals surface area contributed by atoms with Crippen LogP contribution in [0.3, 0.4) is 0 Å². The van der Waals surface area contributed by atoms with Crippen molar-refractivity contribution >= 4 is 23.5 Å². The van der Waals surface area contributed by atoms with Crippen molar-refractivity contribution in [1.82, 2.24) is 20.7 Å². The number of piperazine rings is 1. The van der Waals surface area contributed by atoms with Gasteiger partial charge in [0.25, 0.3) is 11.8 Å². The van der Waals surface area contributed by atoms with Crippen LogP contribution in [0.4, 0.5) is 10.5 Å². The minimum atomic E-state index is -0.839. The Bertz CT molecular complexity index is 870. The van der Waals surface area contributed by atoms with Crippen LogP contribution in [-0.2, 0) is 9.59 Å². The molecule has 2 aliphatic heterocycles. The molecule has 2 N–H and O–H groups in total. The number of rotatable bonds is 4. The van der Waals surface area contributed by atoms with Crippen LogP contribution in [0, 0.1) is 19.8 Å². The van der Waals surface area contributed by atoms with Crippen molar-refractivity contribution in [3.63, 3.8) is 0 Å². The summed E-state index contributed by atoms with van der Waals surface area (Å²) < 4.78 is 0. The highest BCUT2D eigenvalue weighted by Crippen LogP contribution is 2.35. The highest BCUT2D eigenvalue weighted by molar-refractivity contribution is 6.08. The molecule has 8 heteroatoms. The zero-order chi connectivity index (χ0) is 22.2.